The van der Waals surface area contributed by atoms with Gasteiger partial charge in [0.2, 0.25) is 5.91 Å². The third-order valence-corrected chi connectivity index (χ3v) is 2.21. The van der Waals surface area contributed by atoms with Crippen molar-refractivity contribution in [2.45, 2.75) is 6.42 Å². The molecule has 0 radical (unpaired) electrons. The second kappa shape index (κ2) is 6.14. The van der Waals surface area contributed by atoms with Crippen LogP contribution in [0.4, 0.5) is 0 Å². The monoisotopic (exact) mass is 207 g/mol. The maximum atomic E-state index is 11.4. The van der Waals surface area contributed by atoms with Crippen LogP contribution in [0.3, 0.4) is 0 Å². The molecule has 0 fully saturated rings. The summed E-state index contributed by atoms with van der Waals surface area (Å²) in [6.07, 6.45) is 4.43. The molecular formula is C11H17N3O. The zero-order valence-corrected chi connectivity index (χ0v) is 9.23. The number of likely N-dealkylation sites (N-methyl/N-ethyl adjacent to an activating group) is 2. The molecule has 0 spiro atoms. The number of carbonyl (C=O) groups is 1. The minimum absolute atomic E-state index is 0.112. The molecule has 1 amide bonds. The third-order valence-electron chi connectivity index (χ3n) is 2.21. The lowest BCUT2D eigenvalue weighted by Gasteiger charge is -2.16. The van der Waals surface area contributed by atoms with Crippen molar-refractivity contribution in [2.75, 3.05) is 27.2 Å². The van der Waals surface area contributed by atoms with E-state index in [1.807, 2.05) is 25.4 Å². The van der Waals surface area contributed by atoms with Crippen LogP contribution in [0.5, 0.6) is 0 Å². The summed E-state index contributed by atoms with van der Waals surface area (Å²) in [5.74, 6) is 0.112. The molecule has 1 N–H and O–H groups in total. The molecule has 1 aromatic heterocycles. The average molecular weight is 207 g/mol. The summed E-state index contributed by atoms with van der Waals surface area (Å²) in [5, 5.41) is 2.84. The summed E-state index contributed by atoms with van der Waals surface area (Å²) in [7, 11) is 3.59. The zero-order chi connectivity index (χ0) is 11.1. The molecule has 4 nitrogen and oxygen atoms in total. The van der Waals surface area contributed by atoms with E-state index in [2.05, 4.69) is 10.3 Å². The highest BCUT2D eigenvalue weighted by atomic mass is 16.2. The Balaban J connectivity index is 2.34. The standard InChI is InChI=1S/C11H17N3O/c1-12-9-11(15)14(2)7-5-10-4-3-6-13-8-10/h3-4,6,8,12H,5,7,9H2,1-2H3. The summed E-state index contributed by atoms with van der Waals surface area (Å²) >= 11 is 0. The molecule has 1 aromatic rings. The van der Waals surface area contributed by atoms with Crippen LogP contribution >= 0.6 is 0 Å². The van der Waals surface area contributed by atoms with Gasteiger partial charge in [0, 0.05) is 26.0 Å². The van der Waals surface area contributed by atoms with E-state index in [4.69, 9.17) is 0 Å². The highest BCUT2D eigenvalue weighted by Gasteiger charge is 2.06. The van der Waals surface area contributed by atoms with E-state index in [1.165, 1.54) is 0 Å². The van der Waals surface area contributed by atoms with Gasteiger partial charge in [0.15, 0.2) is 0 Å². The van der Waals surface area contributed by atoms with E-state index in [0.29, 0.717) is 6.54 Å². The summed E-state index contributed by atoms with van der Waals surface area (Å²) in [4.78, 5) is 17.2. The number of rotatable bonds is 5. The number of hydrogen-bond acceptors (Lipinski definition) is 3. The number of carbonyl (C=O) groups excluding carboxylic acids is 1. The van der Waals surface area contributed by atoms with E-state index < -0.39 is 0 Å². The van der Waals surface area contributed by atoms with Gasteiger partial charge in [0.1, 0.15) is 0 Å². The summed E-state index contributed by atoms with van der Waals surface area (Å²) in [5.41, 5.74) is 1.15. The maximum Gasteiger partial charge on any atom is 0.236 e. The molecule has 0 aliphatic carbocycles. The average Bonchev–Trinajstić information content (AvgIpc) is 2.27. The predicted octanol–water partition coefficient (Wildman–Crippen LogP) is 0.302. The number of aromatic nitrogens is 1. The van der Waals surface area contributed by atoms with Crippen molar-refractivity contribution >= 4 is 5.91 Å². The van der Waals surface area contributed by atoms with Crippen molar-refractivity contribution in [3.8, 4) is 0 Å². The molecule has 0 aliphatic heterocycles. The fraction of sp³-hybridized carbons (Fsp3) is 0.455. The molecule has 15 heavy (non-hydrogen) atoms. The lowest BCUT2D eigenvalue weighted by molar-refractivity contribution is -0.128. The fourth-order valence-corrected chi connectivity index (χ4v) is 1.25. The van der Waals surface area contributed by atoms with Crippen LogP contribution in [0.2, 0.25) is 0 Å². The van der Waals surface area contributed by atoms with Crippen molar-refractivity contribution in [1.82, 2.24) is 15.2 Å². The van der Waals surface area contributed by atoms with Gasteiger partial charge in [-0.3, -0.25) is 9.78 Å². The Bertz CT molecular complexity index is 300. The number of hydrogen-bond donors (Lipinski definition) is 1. The number of nitrogens with zero attached hydrogens (tertiary/aromatic N) is 2. The number of nitrogens with one attached hydrogen (secondary N) is 1. The lowest BCUT2D eigenvalue weighted by atomic mass is 10.2. The minimum Gasteiger partial charge on any atom is -0.344 e. The molecular weight excluding hydrogens is 190 g/mol. The molecule has 0 atom stereocenters. The van der Waals surface area contributed by atoms with Crippen LogP contribution in [0.1, 0.15) is 5.56 Å². The second-order valence-electron chi connectivity index (χ2n) is 3.46. The molecule has 0 unspecified atom stereocenters. The molecule has 0 bridgehead atoms. The van der Waals surface area contributed by atoms with Crippen molar-refractivity contribution < 1.29 is 4.79 Å². The summed E-state index contributed by atoms with van der Waals surface area (Å²) < 4.78 is 0. The Hall–Kier alpha value is -1.42. The topological polar surface area (TPSA) is 45.2 Å². The van der Waals surface area contributed by atoms with Crippen LogP contribution in [0, 0.1) is 0 Å². The van der Waals surface area contributed by atoms with Crippen LogP contribution in [-0.2, 0) is 11.2 Å². The van der Waals surface area contributed by atoms with Crippen molar-refractivity contribution in [3.63, 3.8) is 0 Å². The molecule has 1 heterocycles. The van der Waals surface area contributed by atoms with Crippen molar-refractivity contribution in [2.24, 2.45) is 0 Å². The molecule has 1 rings (SSSR count). The van der Waals surface area contributed by atoms with Crippen molar-refractivity contribution in [3.05, 3.63) is 30.1 Å². The second-order valence-corrected chi connectivity index (χ2v) is 3.46. The number of pyridine rings is 1. The quantitative estimate of drug-likeness (QED) is 0.755. The summed E-state index contributed by atoms with van der Waals surface area (Å²) in [6.45, 7) is 1.12. The van der Waals surface area contributed by atoms with E-state index in [9.17, 15) is 4.79 Å². The van der Waals surface area contributed by atoms with Gasteiger partial charge in [-0.15, -0.1) is 0 Å². The number of amides is 1. The van der Waals surface area contributed by atoms with E-state index >= 15 is 0 Å². The molecule has 4 heteroatoms. The first-order valence-electron chi connectivity index (χ1n) is 5.01. The molecule has 0 aliphatic rings. The molecule has 82 valence electrons. The van der Waals surface area contributed by atoms with E-state index in [0.717, 1.165) is 18.5 Å². The van der Waals surface area contributed by atoms with Gasteiger partial charge in [-0.25, -0.2) is 0 Å². The van der Waals surface area contributed by atoms with Gasteiger partial charge in [-0.1, -0.05) is 6.07 Å². The Labute approximate surface area is 90.3 Å². The summed E-state index contributed by atoms with van der Waals surface area (Å²) in [6, 6.07) is 3.92. The zero-order valence-electron chi connectivity index (χ0n) is 9.23. The van der Waals surface area contributed by atoms with Gasteiger partial charge in [0.25, 0.3) is 0 Å². The first-order chi connectivity index (χ1) is 7.24. The van der Waals surface area contributed by atoms with Gasteiger partial charge in [-0.2, -0.15) is 0 Å². The Kier molecular flexibility index (Phi) is 4.77. The van der Waals surface area contributed by atoms with Crippen LogP contribution in [-0.4, -0.2) is 43.0 Å². The highest BCUT2D eigenvalue weighted by Crippen LogP contribution is 1.98. The smallest absolute Gasteiger partial charge is 0.236 e. The normalized spacial score (nSPS) is 10.0. The van der Waals surface area contributed by atoms with Crippen LogP contribution < -0.4 is 5.32 Å². The first-order valence-corrected chi connectivity index (χ1v) is 5.01. The Morgan fingerprint density at radius 3 is 3.00 bits per heavy atom. The minimum atomic E-state index is 0.112. The maximum absolute atomic E-state index is 11.4. The van der Waals surface area contributed by atoms with E-state index in [1.54, 1.807) is 18.1 Å². The van der Waals surface area contributed by atoms with Gasteiger partial charge in [0.05, 0.1) is 6.54 Å². The molecule has 0 saturated carbocycles. The SMILES string of the molecule is CNCC(=O)N(C)CCc1cccnc1. The predicted molar refractivity (Wildman–Crippen MR) is 59.5 cm³/mol. The molecule has 0 aromatic carbocycles. The van der Waals surface area contributed by atoms with E-state index in [-0.39, 0.29) is 5.91 Å². The van der Waals surface area contributed by atoms with Gasteiger partial charge < -0.3 is 10.2 Å². The van der Waals surface area contributed by atoms with Gasteiger partial charge in [-0.05, 0) is 25.1 Å². The van der Waals surface area contributed by atoms with Crippen LogP contribution in [0.15, 0.2) is 24.5 Å². The van der Waals surface area contributed by atoms with Crippen LogP contribution in [0.25, 0.3) is 0 Å². The first kappa shape index (κ1) is 11.7. The van der Waals surface area contributed by atoms with Crippen molar-refractivity contribution in [1.29, 1.82) is 0 Å². The largest absolute Gasteiger partial charge is 0.344 e. The Morgan fingerprint density at radius 1 is 1.60 bits per heavy atom. The molecule has 0 saturated heterocycles. The Morgan fingerprint density at radius 2 is 2.40 bits per heavy atom. The third kappa shape index (κ3) is 4.08. The lowest BCUT2D eigenvalue weighted by Crippen LogP contribution is -2.35. The fourth-order valence-electron chi connectivity index (χ4n) is 1.25. The highest BCUT2D eigenvalue weighted by molar-refractivity contribution is 5.77. The van der Waals surface area contributed by atoms with Gasteiger partial charge >= 0.3 is 0 Å².